The molecule has 2 aromatic carbocycles. The van der Waals surface area contributed by atoms with Crippen molar-refractivity contribution in [1.82, 2.24) is 0 Å². The monoisotopic (exact) mass is 413 g/mol. The molecule has 0 spiro atoms. The third-order valence-electron chi connectivity index (χ3n) is 3.42. The van der Waals surface area contributed by atoms with Gasteiger partial charge >= 0.3 is 0 Å². The highest BCUT2D eigenvalue weighted by atomic mass is 127. The molecule has 1 amide bonds. The number of hydrogen-bond acceptors (Lipinski definition) is 1. The SMILES string of the molecule is CCc1ccc(Cl)c(CC)c1NC(=O)c1ccc(I)cc1. The van der Waals surface area contributed by atoms with Gasteiger partial charge in [-0.2, -0.15) is 0 Å². The highest BCUT2D eigenvalue weighted by Crippen LogP contribution is 2.30. The number of amides is 1. The summed E-state index contributed by atoms with van der Waals surface area (Å²) in [5.41, 5.74) is 3.61. The molecule has 21 heavy (non-hydrogen) atoms. The minimum absolute atomic E-state index is 0.0990. The predicted molar refractivity (Wildman–Crippen MR) is 97.3 cm³/mol. The maximum atomic E-state index is 12.4. The molecule has 0 aliphatic heterocycles. The van der Waals surface area contributed by atoms with Crippen LogP contribution in [0.15, 0.2) is 36.4 Å². The van der Waals surface area contributed by atoms with E-state index >= 15 is 0 Å². The molecule has 0 unspecified atom stereocenters. The van der Waals surface area contributed by atoms with Crippen LogP contribution >= 0.6 is 34.2 Å². The van der Waals surface area contributed by atoms with Crippen LogP contribution in [0.4, 0.5) is 5.69 Å². The van der Waals surface area contributed by atoms with E-state index in [9.17, 15) is 4.79 Å². The van der Waals surface area contributed by atoms with Crippen molar-refractivity contribution in [2.75, 3.05) is 5.32 Å². The van der Waals surface area contributed by atoms with E-state index in [1.54, 1.807) is 0 Å². The minimum Gasteiger partial charge on any atom is -0.321 e. The first-order chi connectivity index (χ1) is 10.1. The smallest absolute Gasteiger partial charge is 0.255 e. The molecule has 2 rings (SSSR count). The number of halogens is 2. The standard InChI is InChI=1S/C17H17ClINO/c1-3-11-7-10-15(18)14(4-2)16(11)20-17(21)12-5-8-13(19)9-6-12/h5-10H,3-4H2,1-2H3,(H,20,21). The van der Waals surface area contributed by atoms with Crippen LogP contribution in [0.5, 0.6) is 0 Å². The fraction of sp³-hybridized carbons (Fsp3) is 0.235. The van der Waals surface area contributed by atoms with Crippen LogP contribution < -0.4 is 5.32 Å². The Hall–Kier alpha value is -1.07. The molecule has 0 aliphatic rings. The number of carbonyl (C=O) groups excluding carboxylic acids is 1. The van der Waals surface area contributed by atoms with Gasteiger partial charge in [0.15, 0.2) is 0 Å². The van der Waals surface area contributed by atoms with Crippen molar-refractivity contribution >= 4 is 45.8 Å². The van der Waals surface area contributed by atoms with E-state index in [1.165, 1.54) is 0 Å². The van der Waals surface area contributed by atoms with Crippen molar-refractivity contribution in [2.24, 2.45) is 0 Å². The van der Waals surface area contributed by atoms with Crippen molar-refractivity contribution < 1.29 is 4.79 Å². The van der Waals surface area contributed by atoms with Crippen LogP contribution in [0.1, 0.15) is 35.3 Å². The van der Waals surface area contributed by atoms with Gasteiger partial charge in [0.05, 0.1) is 0 Å². The number of rotatable bonds is 4. The van der Waals surface area contributed by atoms with E-state index in [-0.39, 0.29) is 5.91 Å². The Bertz CT molecular complexity index is 653. The number of carbonyl (C=O) groups is 1. The van der Waals surface area contributed by atoms with Crippen LogP contribution in [0.2, 0.25) is 5.02 Å². The average Bonchev–Trinajstić information content (AvgIpc) is 2.48. The first-order valence-corrected chi connectivity index (χ1v) is 8.39. The van der Waals surface area contributed by atoms with Crippen molar-refractivity contribution in [3.63, 3.8) is 0 Å². The quantitative estimate of drug-likeness (QED) is 0.675. The van der Waals surface area contributed by atoms with Gasteiger partial charge in [-0.15, -0.1) is 0 Å². The second-order valence-electron chi connectivity index (χ2n) is 4.73. The van der Waals surface area contributed by atoms with Gasteiger partial charge in [0.25, 0.3) is 5.91 Å². The number of hydrogen-bond donors (Lipinski definition) is 1. The Morgan fingerprint density at radius 1 is 1.10 bits per heavy atom. The summed E-state index contributed by atoms with van der Waals surface area (Å²) >= 11 is 8.48. The Morgan fingerprint density at radius 3 is 2.33 bits per heavy atom. The Labute approximate surface area is 144 Å². The highest BCUT2D eigenvalue weighted by Gasteiger charge is 2.14. The topological polar surface area (TPSA) is 29.1 Å². The molecule has 4 heteroatoms. The third kappa shape index (κ3) is 3.77. The molecule has 0 aromatic heterocycles. The van der Waals surface area contributed by atoms with Crippen LogP contribution in [0, 0.1) is 3.57 Å². The summed E-state index contributed by atoms with van der Waals surface area (Å²) in [6.45, 7) is 4.12. The molecule has 110 valence electrons. The molecule has 2 aromatic rings. The summed E-state index contributed by atoms with van der Waals surface area (Å²) in [6.07, 6.45) is 1.64. The predicted octanol–water partition coefficient (Wildman–Crippen LogP) is 5.32. The molecule has 0 heterocycles. The molecule has 2 nitrogen and oxygen atoms in total. The fourth-order valence-corrected chi connectivity index (χ4v) is 2.90. The summed E-state index contributed by atoms with van der Waals surface area (Å²) in [7, 11) is 0. The van der Waals surface area contributed by atoms with Gasteiger partial charge in [0.1, 0.15) is 0 Å². The lowest BCUT2D eigenvalue weighted by atomic mass is 10.0. The van der Waals surface area contributed by atoms with E-state index in [0.29, 0.717) is 10.6 Å². The summed E-state index contributed by atoms with van der Waals surface area (Å²) in [5, 5.41) is 3.73. The fourth-order valence-electron chi connectivity index (χ4n) is 2.25. The molecule has 1 N–H and O–H groups in total. The lowest BCUT2D eigenvalue weighted by Crippen LogP contribution is -2.15. The maximum Gasteiger partial charge on any atom is 0.255 e. The van der Waals surface area contributed by atoms with E-state index in [1.807, 2.05) is 43.3 Å². The van der Waals surface area contributed by atoms with Gasteiger partial charge in [-0.05, 0) is 76.9 Å². The average molecular weight is 414 g/mol. The van der Waals surface area contributed by atoms with E-state index < -0.39 is 0 Å². The van der Waals surface area contributed by atoms with Crippen LogP contribution in [0.3, 0.4) is 0 Å². The number of anilines is 1. The zero-order chi connectivity index (χ0) is 15.4. The molecule has 0 atom stereocenters. The summed E-state index contributed by atoms with van der Waals surface area (Å²) < 4.78 is 1.11. The normalized spacial score (nSPS) is 10.5. The van der Waals surface area contributed by atoms with Crippen molar-refractivity contribution in [3.8, 4) is 0 Å². The molecule has 0 saturated carbocycles. The van der Waals surface area contributed by atoms with Crippen LogP contribution in [-0.4, -0.2) is 5.91 Å². The number of aryl methyl sites for hydroxylation is 1. The molecular formula is C17H17ClINO. The molecule has 0 saturated heterocycles. The third-order valence-corrected chi connectivity index (χ3v) is 4.49. The van der Waals surface area contributed by atoms with E-state index in [4.69, 9.17) is 11.6 Å². The Kier molecular flexibility index (Phi) is 5.65. The number of nitrogens with one attached hydrogen (secondary N) is 1. The summed E-state index contributed by atoms with van der Waals surface area (Å²) in [5.74, 6) is -0.0990. The molecule has 0 aliphatic carbocycles. The van der Waals surface area contributed by atoms with Crippen molar-refractivity contribution in [3.05, 3.63) is 61.7 Å². The van der Waals surface area contributed by atoms with Crippen molar-refractivity contribution in [1.29, 1.82) is 0 Å². The zero-order valence-corrected chi connectivity index (χ0v) is 15.0. The van der Waals surface area contributed by atoms with Crippen LogP contribution in [0.25, 0.3) is 0 Å². The van der Waals surface area contributed by atoms with Gasteiger partial charge in [-0.1, -0.05) is 31.5 Å². The van der Waals surface area contributed by atoms with E-state index in [0.717, 1.165) is 33.2 Å². The van der Waals surface area contributed by atoms with Gasteiger partial charge in [-0.25, -0.2) is 0 Å². The first-order valence-electron chi connectivity index (χ1n) is 6.94. The van der Waals surface area contributed by atoms with Gasteiger partial charge in [0, 0.05) is 19.8 Å². The molecule has 0 bridgehead atoms. The lowest BCUT2D eigenvalue weighted by Gasteiger charge is -2.16. The van der Waals surface area contributed by atoms with Gasteiger partial charge in [-0.3, -0.25) is 4.79 Å². The van der Waals surface area contributed by atoms with Crippen molar-refractivity contribution in [2.45, 2.75) is 26.7 Å². The highest BCUT2D eigenvalue weighted by molar-refractivity contribution is 14.1. The molecule has 0 radical (unpaired) electrons. The van der Waals surface area contributed by atoms with Gasteiger partial charge < -0.3 is 5.32 Å². The first kappa shape index (κ1) is 16.3. The Morgan fingerprint density at radius 2 is 1.76 bits per heavy atom. The second-order valence-corrected chi connectivity index (χ2v) is 6.38. The lowest BCUT2D eigenvalue weighted by molar-refractivity contribution is 0.102. The second kappa shape index (κ2) is 7.27. The minimum atomic E-state index is -0.0990. The molecular weight excluding hydrogens is 397 g/mol. The maximum absolute atomic E-state index is 12.4. The van der Waals surface area contributed by atoms with Crippen LogP contribution in [-0.2, 0) is 12.8 Å². The largest absolute Gasteiger partial charge is 0.321 e. The molecule has 0 fully saturated rings. The summed E-state index contributed by atoms with van der Waals surface area (Å²) in [4.78, 5) is 12.4. The van der Waals surface area contributed by atoms with E-state index in [2.05, 4.69) is 34.8 Å². The zero-order valence-electron chi connectivity index (χ0n) is 12.0. The van der Waals surface area contributed by atoms with Gasteiger partial charge in [0.2, 0.25) is 0 Å². The summed E-state index contributed by atoms with van der Waals surface area (Å²) in [6, 6.07) is 11.4. The Balaban J connectivity index is 2.36. The number of benzene rings is 2.